The summed E-state index contributed by atoms with van der Waals surface area (Å²) in [6.07, 6.45) is 4.58. The Morgan fingerprint density at radius 1 is 1.22 bits per heavy atom. The van der Waals surface area contributed by atoms with Crippen LogP contribution >= 0.6 is 0 Å². The fourth-order valence-electron chi connectivity index (χ4n) is 2.74. The SMILES string of the molecule is CCc1ccc(N)c(CC)c1N1CCCCC1=O. The van der Waals surface area contributed by atoms with Crippen molar-refractivity contribution in [1.82, 2.24) is 0 Å². The molecule has 0 spiro atoms. The zero-order chi connectivity index (χ0) is 13.1. The van der Waals surface area contributed by atoms with Gasteiger partial charge in [0.1, 0.15) is 0 Å². The quantitative estimate of drug-likeness (QED) is 0.833. The minimum atomic E-state index is 0.247. The fraction of sp³-hybridized carbons (Fsp3) is 0.533. The monoisotopic (exact) mass is 246 g/mol. The van der Waals surface area contributed by atoms with Crippen molar-refractivity contribution in [1.29, 1.82) is 0 Å². The minimum Gasteiger partial charge on any atom is -0.398 e. The van der Waals surface area contributed by atoms with Crippen LogP contribution in [0.25, 0.3) is 0 Å². The summed E-state index contributed by atoms with van der Waals surface area (Å²) in [4.78, 5) is 14.1. The lowest BCUT2D eigenvalue weighted by Crippen LogP contribution is -2.36. The maximum Gasteiger partial charge on any atom is 0.226 e. The number of anilines is 2. The fourth-order valence-corrected chi connectivity index (χ4v) is 2.74. The van der Waals surface area contributed by atoms with Gasteiger partial charge in [-0.3, -0.25) is 4.79 Å². The van der Waals surface area contributed by atoms with Crippen molar-refractivity contribution in [2.45, 2.75) is 46.0 Å². The number of rotatable bonds is 3. The molecule has 1 fully saturated rings. The number of hydrogen-bond acceptors (Lipinski definition) is 2. The van der Waals surface area contributed by atoms with E-state index in [1.165, 1.54) is 5.56 Å². The van der Waals surface area contributed by atoms with Crippen molar-refractivity contribution in [3.63, 3.8) is 0 Å². The molecular weight excluding hydrogens is 224 g/mol. The molecule has 98 valence electrons. The lowest BCUT2D eigenvalue weighted by Gasteiger charge is -2.31. The van der Waals surface area contributed by atoms with Gasteiger partial charge in [0, 0.05) is 18.7 Å². The number of nitrogens with zero attached hydrogens (tertiary/aromatic N) is 1. The van der Waals surface area contributed by atoms with E-state index >= 15 is 0 Å². The highest BCUT2D eigenvalue weighted by Crippen LogP contribution is 2.33. The molecular formula is C15H22N2O. The van der Waals surface area contributed by atoms with Gasteiger partial charge >= 0.3 is 0 Å². The molecule has 0 aromatic heterocycles. The van der Waals surface area contributed by atoms with Crippen LogP contribution in [-0.4, -0.2) is 12.5 Å². The molecule has 0 radical (unpaired) electrons. The maximum absolute atomic E-state index is 12.1. The zero-order valence-electron chi connectivity index (χ0n) is 11.3. The summed E-state index contributed by atoms with van der Waals surface area (Å²) in [5.41, 5.74) is 10.3. The first-order valence-corrected chi connectivity index (χ1v) is 6.89. The molecule has 0 unspecified atom stereocenters. The van der Waals surface area contributed by atoms with Crippen LogP contribution < -0.4 is 10.6 Å². The van der Waals surface area contributed by atoms with Gasteiger partial charge in [0.25, 0.3) is 0 Å². The van der Waals surface area contributed by atoms with Crippen LogP contribution in [0.15, 0.2) is 12.1 Å². The summed E-state index contributed by atoms with van der Waals surface area (Å²) < 4.78 is 0. The first-order valence-electron chi connectivity index (χ1n) is 6.89. The van der Waals surface area contributed by atoms with Crippen molar-refractivity contribution in [2.75, 3.05) is 17.2 Å². The lowest BCUT2D eigenvalue weighted by atomic mass is 9.98. The number of aryl methyl sites for hydroxylation is 1. The van der Waals surface area contributed by atoms with Crippen molar-refractivity contribution in [3.8, 4) is 0 Å². The van der Waals surface area contributed by atoms with Gasteiger partial charge in [-0.05, 0) is 42.9 Å². The number of nitrogens with two attached hydrogens (primary N) is 1. The Morgan fingerprint density at radius 2 is 2.00 bits per heavy atom. The number of benzene rings is 1. The molecule has 2 rings (SSSR count). The molecule has 1 aromatic carbocycles. The van der Waals surface area contributed by atoms with Crippen LogP contribution in [0.5, 0.6) is 0 Å². The van der Waals surface area contributed by atoms with Gasteiger partial charge in [0.15, 0.2) is 0 Å². The van der Waals surface area contributed by atoms with Crippen molar-refractivity contribution in [3.05, 3.63) is 23.3 Å². The third-order valence-electron chi connectivity index (χ3n) is 3.73. The summed E-state index contributed by atoms with van der Waals surface area (Å²) in [6.45, 7) is 5.06. The van der Waals surface area contributed by atoms with Gasteiger partial charge in [-0.2, -0.15) is 0 Å². The summed E-state index contributed by atoms with van der Waals surface area (Å²) in [6, 6.07) is 4.03. The molecule has 1 aromatic rings. The topological polar surface area (TPSA) is 46.3 Å². The Labute approximate surface area is 109 Å². The number of piperidine rings is 1. The van der Waals surface area contributed by atoms with Gasteiger partial charge in [0.2, 0.25) is 5.91 Å². The highest BCUT2D eigenvalue weighted by molar-refractivity contribution is 5.96. The number of nitrogen functional groups attached to an aromatic ring is 1. The summed E-state index contributed by atoms with van der Waals surface area (Å²) in [5.74, 6) is 0.247. The molecule has 1 aliphatic heterocycles. The Bertz CT molecular complexity index is 454. The van der Waals surface area contributed by atoms with Gasteiger partial charge < -0.3 is 10.6 Å². The van der Waals surface area contributed by atoms with Crippen LogP contribution in [0.3, 0.4) is 0 Å². The Morgan fingerprint density at radius 3 is 2.61 bits per heavy atom. The number of carbonyl (C=O) groups is 1. The molecule has 0 saturated carbocycles. The Hall–Kier alpha value is -1.51. The molecule has 0 bridgehead atoms. The molecule has 3 heteroatoms. The third-order valence-corrected chi connectivity index (χ3v) is 3.73. The highest BCUT2D eigenvalue weighted by Gasteiger charge is 2.24. The smallest absolute Gasteiger partial charge is 0.226 e. The first-order chi connectivity index (χ1) is 8.69. The van der Waals surface area contributed by atoms with E-state index in [-0.39, 0.29) is 5.91 Å². The van der Waals surface area contributed by atoms with E-state index in [1.807, 2.05) is 11.0 Å². The molecule has 0 aliphatic carbocycles. The van der Waals surface area contributed by atoms with E-state index in [4.69, 9.17) is 5.73 Å². The van der Waals surface area contributed by atoms with Crippen LogP contribution in [-0.2, 0) is 17.6 Å². The van der Waals surface area contributed by atoms with Crippen LogP contribution in [0, 0.1) is 0 Å². The maximum atomic E-state index is 12.1. The van der Waals surface area contributed by atoms with Crippen molar-refractivity contribution in [2.24, 2.45) is 0 Å². The van der Waals surface area contributed by atoms with Gasteiger partial charge in [-0.25, -0.2) is 0 Å². The highest BCUT2D eigenvalue weighted by atomic mass is 16.2. The van der Waals surface area contributed by atoms with E-state index < -0.39 is 0 Å². The second-order valence-electron chi connectivity index (χ2n) is 4.85. The number of amides is 1. The van der Waals surface area contributed by atoms with Gasteiger partial charge in [-0.15, -0.1) is 0 Å². The predicted molar refractivity (Wildman–Crippen MR) is 75.8 cm³/mol. The van der Waals surface area contributed by atoms with Crippen molar-refractivity contribution >= 4 is 17.3 Å². The summed E-state index contributed by atoms with van der Waals surface area (Å²) in [7, 11) is 0. The summed E-state index contributed by atoms with van der Waals surface area (Å²) >= 11 is 0. The predicted octanol–water partition coefficient (Wildman–Crippen LogP) is 2.91. The summed E-state index contributed by atoms with van der Waals surface area (Å²) in [5, 5.41) is 0. The largest absolute Gasteiger partial charge is 0.398 e. The molecule has 0 atom stereocenters. The Kier molecular flexibility index (Phi) is 3.90. The van der Waals surface area contributed by atoms with E-state index in [2.05, 4.69) is 19.9 Å². The lowest BCUT2D eigenvalue weighted by molar-refractivity contribution is -0.119. The van der Waals surface area contributed by atoms with Crippen LogP contribution in [0.4, 0.5) is 11.4 Å². The molecule has 3 nitrogen and oxygen atoms in total. The van der Waals surface area contributed by atoms with E-state index in [1.54, 1.807) is 0 Å². The standard InChI is InChI=1S/C15H22N2O/c1-3-11-8-9-13(16)12(4-2)15(11)17-10-6-5-7-14(17)18/h8-9H,3-7,10,16H2,1-2H3. The van der Waals surface area contributed by atoms with Crippen LogP contribution in [0.2, 0.25) is 0 Å². The average molecular weight is 246 g/mol. The second-order valence-corrected chi connectivity index (χ2v) is 4.85. The second kappa shape index (κ2) is 5.42. The first kappa shape index (κ1) is 12.9. The van der Waals surface area contributed by atoms with Gasteiger partial charge in [-0.1, -0.05) is 19.9 Å². The third kappa shape index (κ3) is 2.22. The van der Waals surface area contributed by atoms with E-state index in [0.717, 1.165) is 49.2 Å². The Balaban J connectivity index is 2.52. The molecule has 1 amide bonds. The molecule has 2 N–H and O–H groups in total. The normalized spacial score (nSPS) is 16.1. The average Bonchev–Trinajstić information content (AvgIpc) is 2.39. The van der Waals surface area contributed by atoms with E-state index in [0.29, 0.717) is 6.42 Å². The van der Waals surface area contributed by atoms with Crippen LogP contribution in [0.1, 0.15) is 44.2 Å². The molecule has 1 saturated heterocycles. The number of carbonyl (C=O) groups excluding carboxylic acids is 1. The number of hydrogen-bond donors (Lipinski definition) is 1. The van der Waals surface area contributed by atoms with Gasteiger partial charge in [0.05, 0.1) is 5.69 Å². The molecule has 1 aliphatic rings. The zero-order valence-corrected chi connectivity index (χ0v) is 11.3. The molecule has 1 heterocycles. The minimum absolute atomic E-state index is 0.247. The molecule has 18 heavy (non-hydrogen) atoms. The van der Waals surface area contributed by atoms with Crippen molar-refractivity contribution < 1.29 is 4.79 Å². The van der Waals surface area contributed by atoms with E-state index in [9.17, 15) is 4.79 Å².